The molecule has 0 spiro atoms. The Labute approximate surface area is 186 Å². The molecule has 13 nitrogen and oxygen atoms in total. The molecule has 32 heavy (non-hydrogen) atoms. The molecule has 0 radical (unpaired) electrons. The average molecular weight is 462 g/mol. The maximum atomic E-state index is 12.8. The van der Waals surface area contributed by atoms with E-state index in [4.69, 9.17) is 26.8 Å². The van der Waals surface area contributed by atoms with Crippen molar-refractivity contribution in [2.75, 3.05) is 13.2 Å². The van der Waals surface area contributed by atoms with Crippen molar-refractivity contribution < 1.29 is 39.3 Å². The SMILES string of the molecule is CC(C)C(N)C(=O)NC(CCCCN)C(=O)NC(CCC(=O)O)C(=O)NC(CO)C(=O)O. The van der Waals surface area contributed by atoms with E-state index in [9.17, 15) is 24.0 Å². The summed E-state index contributed by atoms with van der Waals surface area (Å²) in [7, 11) is 0. The lowest BCUT2D eigenvalue weighted by atomic mass is 10.0. The maximum Gasteiger partial charge on any atom is 0.328 e. The van der Waals surface area contributed by atoms with E-state index in [1.165, 1.54) is 0 Å². The van der Waals surface area contributed by atoms with E-state index in [-0.39, 0.29) is 18.8 Å². The highest BCUT2D eigenvalue weighted by atomic mass is 16.4. The number of hydrogen-bond acceptors (Lipinski definition) is 8. The van der Waals surface area contributed by atoms with E-state index in [1.54, 1.807) is 13.8 Å². The molecular weight excluding hydrogens is 426 g/mol. The average Bonchev–Trinajstić information content (AvgIpc) is 2.72. The van der Waals surface area contributed by atoms with Crippen molar-refractivity contribution in [2.45, 2.75) is 70.1 Å². The molecule has 0 aliphatic rings. The third-order valence-electron chi connectivity index (χ3n) is 4.68. The quantitative estimate of drug-likeness (QED) is 0.112. The van der Waals surface area contributed by atoms with Crippen LogP contribution < -0.4 is 27.4 Å². The number of unbranched alkanes of at least 4 members (excludes halogenated alkanes) is 1. The zero-order valence-corrected chi connectivity index (χ0v) is 18.4. The van der Waals surface area contributed by atoms with Gasteiger partial charge in [-0.2, -0.15) is 0 Å². The fourth-order valence-electron chi connectivity index (χ4n) is 2.60. The summed E-state index contributed by atoms with van der Waals surface area (Å²) >= 11 is 0. The summed E-state index contributed by atoms with van der Waals surface area (Å²) in [6.45, 7) is 2.95. The molecule has 13 heteroatoms. The highest BCUT2D eigenvalue weighted by Gasteiger charge is 2.30. The Kier molecular flexibility index (Phi) is 13.8. The molecule has 0 aliphatic carbocycles. The Morgan fingerprint density at radius 3 is 1.75 bits per heavy atom. The lowest BCUT2D eigenvalue weighted by molar-refractivity contribution is -0.144. The minimum Gasteiger partial charge on any atom is -0.481 e. The van der Waals surface area contributed by atoms with Gasteiger partial charge in [0.1, 0.15) is 18.1 Å². The number of carbonyl (C=O) groups is 5. The fourth-order valence-corrected chi connectivity index (χ4v) is 2.60. The largest absolute Gasteiger partial charge is 0.481 e. The summed E-state index contributed by atoms with van der Waals surface area (Å²) in [5, 5.41) is 33.9. The number of carbonyl (C=O) groups excluding carboxylic acids is 3. The smallest absolute Gasteiger partial charge is 0.328 e. The Bertz CT molecular complexity index is 658. The summed E-state index contributed by atoms with van der Waals surface area (Å²) in [4.78, 5) is 59.6. The van der Waals surface area contributed by atoms with Gasteiger partial charge in [-0.1, -0.05) is 13.8 Å². The highest BCUT2D eigenvalue weighted by Crippen LogP contribution is 2.06. The number of nitrogens with two attached hydrogens (primary N) is 2. The molecule has 4 atom stereocenters. The van der Waals surface area contributed by atoms with E-state index in [1.807, 2.05) is 5.32 Å². The number of carboxylic acids is 2. The minimum atomic E-state index is -1.63. The number of aliphatic hydroxyl groups is 1. The first-order chi connectivity index (χ1) is 14.9. The third-order valence-corrected chi connectivity index (χ3v) is 4.68. The zero-order chi connectivity index (χ0) is 24.8. The zero-order valence-electron chi connectivity index (χ0n) is 18.4. The first-order valence-corrected chi connectivity index (χ1v) is 10.4. The van der Waals surface area contributed by atoms with Crippen molar-refractivity contribution in [1.29, 1.82) is 0 Å². The molecule has 0 rings (SSSR count). The fraction of sp³-hybridized carbons (Fsp3) is 0.737. The number of carboxylic acid groups (broad SMARTS) is 2. The lowest BCUT2D eigenvalue weighted by Gasteiger charge is -2.25. The second kappa shape index (κ2) is 15.1. The van der Waals surface area contributed by atoms with Crippen LogP contribution in [0.25, 0.3) is 0 Å². The summed E-state index contributed by atoms with van der Waals surface area (Å²) in [6, 6.07) is -4.96. The molecule has 0 heterocycles. The van der Waals surface area contributed by atoms with Crippen LogP contribution in [0.15, 0.2) is 0 Å². The second-order valence-electron chi connectivity index (χ2n) is 7.69. The Balaban J connectivity index is 5.48. The van der Waals surface area contributed by atoms with Gasteiger partial charge in [0.2, 0.25) is 17.7 Å². The van der Waals surface area contributed by atoms with E-state index >= 15 is 0 Å². The summed E-state index contributed by atoms with van der Waals surface area (Å²) in [5.74, 6) is -5.22. The van der Waals surface area contributed by atoms with Crippen molar-refractivity contribution in [3.8, 4) is 0 Å². The lowest BCUT2D eigenvalue weighted by Crippen LogP contribution is -2.57. The number of aliphatic hydroxyl groups excluding tert-OH is 1. The van der Waals surface area contributed by atoms with Crippen LogP contribution in [-0.2, 0) is 24.0 Å². The third kappa shape index (κ3) is 11.0. The number of amides is 3. The number of hydrogen-bond donors (Lipinski definition) is 8. The van der Waals surface area contributed by atoms with Gasteiger partial charge >= 0.3 is 11.9 Å². The van der Waals surface area contributed by atoms with Crippen molar-refractivity contribution in [2.24, 2.45) is 17.4 Å². The molecule has 0 saturated carbocycles. The van der Waals surface area contributed by atoms with Crippen molar-refractivity contribution in [3.05, 3.63) is 0 Å². The molecule has 3 amide bonds. The van der Waals surface area contributed by atoms with Gasteiger partial charge in [0, 0.05) is 6.42 Å². The predicted octanol–water partition coefficient (Wildman–Crippen LogP) is -2.51. The maximum absolute atomic E-state index is 12.8. The standard InChI is InChI=1S/C19H35N5O8/c1-10(2)15(21)18(30)23-11(5-3-4-8-20)16(28)22-12(6-7-14(26)27)17(29)24-13(9-25)19(31)32/h10-13,15,25H,3-9,20-21H2,1-2H3,(H,22,28)(H,23,30)(H,24,29)(H,26,27)(H,31,32). The normalized spacial score (nSPS) is 14.7. The molecule has 0 aromatic heterocycles. The molecule has 0 aromatic carbocycles. The van der Waals surface area contributed by atoms with Crippen molar-refractivity contribution in [3.63, 3.8) is 0 Å². The topological polar surface area (TPSA) is 234 Å². The number of aliphatic carboxylic acids is 2. The van der Waals surface area contributed by atoms with Crippen LogP contribution in [-0.4, -0.2) is 82.3 Å². The van der Waals surface area contributed by atoms with E-state index in [0.29, 0.717) is 19.4 Å². The van der Waals surface area contributed by atoms with Crippen LogP contribution in [0.5, 0.6) is 0 Å². The summed E-state index contributed by atoms with van der Waals surface area (Å²) in [6.07, 6.45) is 0.442. The second-order valence-corrected chi connectivity index (χ2v) is 7.69. The van der Waals surface area contributed by atoms with Crippen molar-refractivity contribution in [1.82, 2.24) is 16.0 Å². The van der Waals surface area contributed by atoms with Gasteiger partial charge in [0.05, 0.1) is 12.6 Å². The van der Waals surface area contributed by atoms with Gasteiger partial charge in [-0.05, 0) is 38.1 Å². The molecular formula is C19H35N5O8. The Hall–Kier alpha value is -2.77. The monoisotopic (exact) mass is 461 g/mol. The molecule has 0 saturated heterocycles. The summed E-state index contributed by atoms with van der Waals surface area (Å²) < 4.78 is 0. The summed E-state index contributed by atoms with van der Waals surface area (Å²) in [5.41, 5.74) is 11.3. The number of nitrogens with one attached hydrogen (secondary N) is 3. The van der Waals surface area contributed by atoms with Crippen LogP contribution in [0.1, 0.15) is 46.0 Å². The van der Waals surface area contributed by atoms with Crippen LogP contribution in [0.2, 0.25) is 0 Å². The van der Waals surface area contributed by atoms with E-state index in [2.05, 4.69) is 10.6 Å². The predicted molar refractivity (Wildman–Crippen MR) is 113 cm³/mol. The van der Waals surface area contributed by atoms with Crippen LogP contribution in [0, 0.1) is 5.92 Å². The van der Waals surface area contributed by atoms with Crippen LogP contribution in [0.3, 0.4) is 0 Å². The molecule has 0 fully saturated rings. The highest BCUT2D eigenvalue weighted by molar-refractivity contribution is 5.94. The van der Waals surface area contributed by atoms with Gasteiger partial charge in [0.15, 0.2) is 0 Å². The molecule has 10 N–H and O–H groups in total. The molecule has 0 bridgehead atoms. The first kappa shape index (κ1) is 29.2. The van der Waals surface area contributed by atoms with Gasteiger partial charge in [0.25, 0.3) is 0 Å². The van der Waals surface area contributed by atoms with Gasteiger partial charge < -0.3 is 42.7 Å². The first-order valence-electron chi connectivity index (χ1n) is 10.4. The Morgan fingerprint density at radius 2 is 1.31 bits per heavy atom. The van der Waals surface area contributed by atoms with Crippen molar-refractivity contribution >= 4 is 29.7 Å². The minimum absolute atomic E-state index is 0.191. The van der Waals surface area contributed by atoms with Crippen LogP contribution in [0.4, 0.5) is 0 Å². The van der Waals surface area contributed by atoms with E-state index in [0.717, 1.165) is 0 Å². The Morgan fingerprint density at radius 1 is 0.812 bits per heavy atom. The molecule has 184 valence electrons. The van der Waals surface area contributed by atoms with Gasteiger partial charge in [-0.15, -0.1) is 0 Å². The molecule has 0 aliphatic heterocycles. The van der Waals surface area contributed by atoms with E-state index < -0.39 is 66.9 Å². The van der Waals surface area contributed by atoms with Crippen LogP contribution >= 0.6 is 0 Å². The molecule has 0 aromatic rings. The number of rotatable bonds is 16. The van der Waals surface area contributed by atoms with Gasteiger partial charge in [-0.3, -0.25) is 19.2 Å². The molecule has 4 unspecified atom stereocenters. The van der Waals surface area contributed by atoms with Gasteiger partial charge in [-0.25, -0.2) is 4.79 Å².